The highest BCUT2D eigenvalue weighted by atomic mass is 32.2. The van der Waals surface area contributed by atoms with E-state index in [1.165, 1.54) is 4.31 Å². The van der Waals surface area contributed by atoms with Gasteiger partial charge in [-0.25, -0.2) is 12.7 Å². The van der Waals surface area contributed by atoms with Crippen molar-refractivity contribution < 1.29 is 17.9 Å². The summed E-state index contributed by atoms with van der Waals surface area (Å²) < 4.78 is 31.7. The molecule has 0 aliphatic carbocycles. The second-order valence-electron chi connectivity index (χ2n) is 7.84. The number of amides is 1. The van der Waals surface area contributed by atoms with Crippen LogP contribution in [0.25, 0.3) is 0 Å². The fourth-order valence-corrected chi connectivity index (χ4v) is 5.26. The molecule has 0 saturated carbocycles. The highest BCUT2D eigenvalue weighted by Gasteiger charge is 2.44. The lowest BCUT2D eigenvalue weighted by atomic mass is 9.72. The number of nitrogens with one attached hydrogen (secondary N) is 1. The molecule has 2 aromatic rings. The van der Waals surface area contributed by atoms with Crippen LogP contribution in [0.1, 0.15) is 43.4 Å². The predicted molar refractivity (Wildman–Crippen MR) is 122 cm³/mol. The Labute approximate surface area is 185 Å². The van der Waals surface area contributed by atoms with Crippen LogP contribution in [0.5, 0.6) is 0 Å². The number of carbonyl (C=O) groups excluding carboxylic acids is 1. The highest BCUT2D eigenvalue weighted by Crippen LogP contribution is 2.37. The first kappa shape index (κ1) is 23.4. The normalized spacial score (nSPS) is 16.7. The van der Waals surface area contributed by atoms with Crippen molar-refractivity contribution in [3.8, 4) is 0 Å². The summed E-state index contributed by atoms with van der Waals surface area (Å²) in [5.41, 5.74) is 2.28. The van der Waals surface area contributed by atoms with Gasteiger partial charge < -0.3 is 10.1 Å². The smallest absolute Gasteiger partial charge is 0.231 e. The van der Waals surface area contributed by atoms with Gasteiger partial charge in [0.05, 0.1) is 17.8 Å². The maximum Gasteiger partial charge on any atom is 0.231 e. The van der Waals surface area contributed by atoms with E-state index in [2.05, 4.69) is 5.32 Å². The van der Waals surface area contributed by atoms with E-state index >= 15 is 0 Å². The van der Waals surface area contributed by atoms with Gasteiger partial charge in [-0.15, -0.1) is 0 Å². The number of rotatable bonds is 9. The molecular weight excluding hydrogens is 412 g/mol. The van der Waals surface area contributed by atoms with Crippen molar-refractivity contribution in [1.82, 2.24) is 9.62 Å². The molecule has 1 aliphatic rings. The third kappa shape index (κ3) is 5.34. The van der Waals surface area contributed by atoms with Crippen LogP contribution >= 0.6 is 0 Å². The van der Waals surface area contributed by atoms with Crippen molar-refractivity contribution in [1.29, 1.82) is 0 Å². The van der Waals surface area contributed by atoms with Crippen molar-refractivity contribution in [2.75, 3.05) is 25.4 Å². The van der Waals surface area contributed by atoms with Gasteiger partial charge in [-0.2, -0.15) is 0 Å². The van der Waals surface area contributed by atoms with E-state index in [1.807, 2.05) is 61.5 Å². The van der Waals surface area contributed by atoms with E-state index in [0.29, 0.717) is 45.7 Å². The topological polar surface area (TPSA) is 75.7 Å². The molecule has 3 rings (SSSR count). The summed E-state index contributed by atoms with van der Waals surface area (Å²) in [6.45, 7) is 5.86. The molecule has 0 bridgehead atoms. The molecule has 7 heteroatoms. The number of ether oxygens (including phenoxy) is 1. The van der Waals surface area contributed by atoms with Gasteiger partial charge in [0.15, 0.2) is 0 Å². The van der Waals surface area contributed by atoms with E-state index in [9.17, 15) is 13.2 Å². The van der Waals surface area contributed by atoms with Crippen molar-refractivity contribution in [3.63, 3.8) is 0 Å². The Morgan fingerprint density at radius 3 is 2.23 bits per heavy atom. The molecule has 0 unspecified atom stereocenters. The molecule has 0 atom stereocenters. The minimum Gasteiger partial charge on any atom is -0.377 e. The highest BCUT2D eigenvalue weighted by molar-refractivity contribution is 7.89. The quantitative estimate of drug-likeness (QED) is 0.644. The molecule has 1 amide bonds. The summed E-state index contributed by atoms with van der Waals surface area (Å²) in [5, 5.41) is 3.13. The molecule has 0 spiro atoms. The molecular formula is C24H32N2O4S. The van der Waals surface area contributed by atoms with Gasteiger partial charge in [0.1, 0.15) is 0 Å². The van der Waals surface area contributed by atoms with Gasteiger partial charge in [0, 0.05) is 26.2 Å². The second kappa shape index (κ2) is 10.4. The Morgan fingerprint density at radius 1 is 1.00 bits per heavy atom. The van der Waals surface area contributed by atoms with E-state index in [0.717, 1.165) is 16.7 Å². The van der Waals surface area contributed by atoms with Crippen molar-refractivity contribution in [3.05, 3.63) is 71.3 Å². The average molecular weight is 445 g/mol. The molecule has 1 N–H and O–H groups in total. The first-order valence-corrected chi connectivity index (χ1v) is 12.5. The van der Waals surface area contributed by atoms with Gasteiger partial charge in [-0.05, 0) is 43.4 Å². The molecule has 2 aromatic carbocycles. The number of hydrogen-bond acceptors (Lipinski definition) is 4. The second-order valence-corrected chi connectivity index (χ2v) is 10.1. The zero-order chi connectivity index (χ0) is 22.3. The minimum absolute atomic E-state index is 0.0570. The maximum atomic E-state index is 13.5. The Morgan fingerprint density at radius 2 is 1.61 bits per heavy atom. The van der Waals surface area contributed by atoms with Crippen LogP contribution in [0.3, 0.4) is 0 Å². The monoisotopic (exact) mass is 444 g/mol. The van der Waals surface area contributed by atoms with Gasteiger partial charge >= 0.3 is 0 Å². The van der Waals surface area contributed by atoms with Crippen molar-refractivity contribution in [2.24, 2.45) is 0 Å². The zero-order valence-electron chi connectivity index (χ0n) is 18.3. The summed E-state index contributed by atoms with van der Waals surface area (Å²) in [4.78, 5) is 13.5. The average Bonchev–Trinajstić information content (AvgIpc) is 2.82. The molecule has 0 aromatic heterocycles. The van der Waals surface area contributed by atoms with E-state index in [-0.39, 0.29) is 11.7 Å². The SMILES string of the molecule is CCOCc1ccccc1CNC(=O)C1(c2ccccc2)CCN(S(=O)(=O)CC)CC1. The van der Waals surface area contributed by atoms with Crippen LogP contribution in [-0.4, -0.2) is 44.1 Å². The minimum atomic E-state index is -3.26. The van der Waals surface area contributed by atoms with Crippen LogP contribution in [0, 0.1) is 0 Å². The first-order chi connectivity index (χ1) is 14.9. The Hall–Kier alpha value is -2.22. The molecule has 168 valence electrons. The number of hydrogen-bond donors (Lipinski definition) is 1. The summed E-state index contributed by atoms with van der Waals surface area (Å²) in [5.74, 6) is 0.0205. The van der Waals surface area contributed by atoms with Crippen molar-refractivity contribution >= 4 is 15.9 Å². The van der Waals surface area contributed by atoms with E-state index < -0.39 is 15.4 Å². The van der Waals surface area contributed by atoms with Crippen LogP contribution in [0.15, 0.2) is 54.6 Å². The molecule has 6 nitrogen and oxygen atoms in total. The number of benzene rings is 2. The van der Waals surface area contributed by atoms with Crippen LogP contribution in [0.4, 0.5) is 0 Å². The molecule has 1 saturated heterocycles. The Kier molecular flexibility index (Phi) is 7.86. The Balaban J connectivity index is 1.80. The van der Waals surface area contributed by atoms with Gasteiger partial charge in [0.2, 0.25) is 15.9 Å². The fraction of sp³-hybridized carbons (Fsp3) is 0.458. The third-order valence-electron chi connectivity index (χ3n) is 6.11. The van der Waals surface area contributed by atoms with Crippen molar-refractivity contribution in [2.45, 2.75) is 45.3 Å². The first-order valence-electron chi connectivity index (χ1n) is 10.9. The standard InChI is InChI=1S/C24H32N2O4S/c1-3-30-19-21-11-9-8-10-20(21)18-25-23(27)24(22-12-6-5-7-13-22)14-16-26(17-15-24)31(28,29)4-2/h5-13H,3-4,14-19H2,1-2H3,(H,25,27). The molecule has 0 radical (unpaired) electrons. The van der Waals surface area contributed by atoms with Gasteiger partial charge in [-0.3, -0.25) is 4.79 Å². The zero-order valence-corrected chi connectivity index (χ0v) is 19.2. The number of nitrogens with zero attached hydrogens (tertiary/aromatic N) is 1. The largest absolute Gasteiger partial charge is 0.377 e. The van der Waals surface area contributed by atoms with Gasteiger partial charge in [-0.1, -0.05) is 54.6 Å². The number of carbonyl (C=O) groups is 1. The van der Waals surface area contributed by atoms with Crippen LogP contribution < -0.4 is 5.32 Å². The van der Waals surface area contributed by atoms with Crippen LogP contribution in [-0.2, 0) is 38.1 Å². The van der Waals surface area contributed by atoms with E-state index in [4.69, 9.17) is 4.74 Å². The fourth-order valence-electron chi connectivity index (χ4n) is 4.16. The van der Waals surface area contributed by atoms with E-state index in [1.54, 1.807) is 6.92 Å². The van der Waals surface area contributed by atoms with Crippen LogP contribution in [0.2, 0.25) is 0 Å². The lowest BCUT2D eigenvalue weighted by Crippen LogP contribution is -2.52. The predicted octanol–water partition coefficient (Wildman–Crippen LogP) is 3.22. The molecule has 1 aliphatic heterocycles. The summed E-state index contributed by atoms with van der Waals surface area (Å²) in [7, 11) is -3.26. The molecule has 1 fully saturated rings. The lowest BCUT2D eigenvalue weighted by Gasteiger charge is -2.40. The number of piperidine rings is 1. The number of sulfonamides is 1. The Bertz CT molecular complexity index is 968. The summed E-state index contributed by atoms with van der Waals surface area (Å²) in [6.07, 6.45) is 0.922. The van der Waals surface area contributed by atoms with Gasteiger partial charge in [0.25, 0.3) is 0 Å². The lowest BCUT2D eigenvalue weighted by molar-refractivity contribution is -0.128. The molecule has 1 heterocycles. The summed E-state index contributed by atoms with van der Waals surface area (Å²) >= 11 is 0. The summed E-state index contributed by atoms with van der Waals surface area (Å²) in [6, 6.07) is 17.6. The third-order valence-corrected chi connectivity index (χ3v) is 8.00. The molecule has 31 heavy (non-hydrogen) atoms. The maximum absolute atomic E-state index is 13.5.